The maximum atomic E-state index is 12.1. The van der Waals surface area contributed by atoms with E-state index in [1.54, 1.807) is 6.07 Å². The molecule has 2 aliphatic rings. The van der Waals surface area contributed by atoms with E-state index in [2.05, 4.69) is 10.2 Å². The van der Waals surface area contributed by atoms with E-state index in [1.807, 2.05) is 4.90 Å². The number of aromatic amines is 1. The minimum atomic E-state index is -1.03. The number of likely N-dealkylation sites (tertiary alicyclic amines) is 1. The quantitative estimate of drug-likeness (QED) is 0.858. The zero-order valence-electron chi connectivity index (χ0n) is 10.6. The van der Waals surface area contributed by atoms with Gasteiger partial charge in [0.2, 0.25) is 5.91 Å². The Morgan fingerprint density at radius 3 is 2.74 bits per heavy atom. The minimum absolute atomic E-state index is 0.0405. The second-order valence-electron chi connectivity index (χ2n) is 5.41. The number of nitrogens with one attached hydrogen (secondary N) is 1. The van der Waals surface area contributed by atoms with Crippen LogP contribution in [-0.2, 0) is 4.79 Å². The van der Waals surface area contributed by atoms with Crippen LogP contribution < -0.4 is 0 Å². The van der Waals surface area contributed by atoms with Crippen LogP contribution in [-0.4, -0.2) is 45.2 Å². The monoisotopic (exact) mass is 263 g/mol. The molecule has 1 atom stereocenters. The van der Waals surface area contributed by atoms with Crippen molar-refractivity contribution >= 4 is 11.9 Å². The number of amides is 1. The Balaban J connectivity index is 1.64. The maximum absolute atomic E-state index is 12.1. The van der Waals surface area contributed by atoms with Gasteiger partial charge in [-0.3, -0.25) is 9.89 Å². The van der Waals surface area contributed by atoms with Gasteiger partial charge in [-0.25, -0.2) is 4.79 Å². The molecule has 6 heteroatoms. The Labute approximate surface area is 110 Å². The molecule has 1 aliphatic heterocycles. The highest BCUT2D eigenvalue weighted by atomic mass is 16.4. The lowest BCUT2D eigenvalue weighted by atomic mass is 9.84. The summed E-state index contributed by atoms with van der Waals surface area (Å²) in [5.74, 6) is -0.339. The Morgan fingerprint density at radius 2 is 2.16 bits per heavy atom. The van der Waals surface area contributed by atoms with Crippen molar-refractivity contribution in [3.63, 3.8) is 0 Å². The zero-order valence-corrected chi connectivity index (χ0v) is 10.6. The van der Waals surface area contributed by atoms with Crippen molar-refractivity contribution in [3.05, 3.63) is 17.5 Å². The molecule has 1 saturated carbocycles. The summed E-state index contributed by atoms with van der Waals surface area (Å²) in [5.41, 5.74) is 0.861. The fraction of sp³-hybridized carbons (Fsp3) is 0.615. The summed E-state index contributed by atoms with van der Waals surface area (Å²) in [6.45, 7) is 1.44. The molecule has 19 heavy (non-hydrogen) atoms. The summed E-state index contributed by atoms with van der Waals surface area (Å²) in [7, 11) is 0. The van der Waals surface area contributed by atoms with E-state index in [4.69, 9.17) is 5.11 Å². The van der Waals surface area contributed by atoms with E-state index in [0.29, 0.717) is 6.54 Å². The maximum Gasteiger partial charge on any atom is 0.356 e. The third-order valence-electron chi connectivity index (χ3n) is 4.21. The standard InChI is InChI=1S/C13H17N3O3/c17-12(8-2-1-3-8)16-5-4-9(7-16)10-6-11(13(18)19)15-14-10/h6,8-9H,1-5,7H2,(H,14,15)(H,18,19). The van der Waals surface area contributed by atoms with Crippen LogP contribution in [0.15, 0.2) is 6.07 Å². The van der Waals surface area contributed by atoms with Gasteiger partial charge in [-0.2, -0.15) is 5.10 Å². The minimum Gasteiger partial charge on any atom is -0.476 e. The van der Waals surface area contributed by atoms with Crippen molar-refractivity contribution in [3.8, 4) is 0 Å². The van der Waals surface area contributed by atoms with Crippen molar-refractivity contribution in [1.29, 1.82) is 0 Å². The molecule has 0 bridgehead atoms. The third-order valence-corrected chi connectivity index (χ3v) is 4.21. The molecule has 1 aliphatic carbocycles. The summed E-state index contributed by atoms with van der Waals surface area (Å²) in [5, 5.41) is 15.4. The zero-order chi connectivity index (χ0) is 13.4. The SMILES string of the molecule is O=C(O)c1cc(C2CCN(C(=O)C3CCC3)C2)[nH]n1. The smallest absolute Gasteiger partial charge is 0.356 e. The van der Waals surface area contributed by atoms with Crippen LogP contribution in [0.4, 0.5) is 0 Å². The number of aromatic nitrogens is 2. The van der Waals surface area contributed by atoms with Crippen LogP contribution in [0.1, 0.15) is 47.8 Å². The number of nitrogens with zero attached hydrogens (tertiary/aromatic N) is 2. The van der Waals surface area contributed by atoms with Crippen LogP contribution >= 0.6 is 0 Å². The molecule has 2 heterocycles. The predicted molar refractivity (Wildman–Crippen MR) is 66.8 cm³/mol. The second-order valence-corrected chi connectivity index (χ2v) is 5.41. The molecule has 3 rings (SSSR count). The fourth-order valence-corrected chi connectivity index (χ4v) is 2.78. The molecule has 1 amide bonds. The van der Waals surface area contributed by atoms with Crippen molar-refractivity contribution in [1.82, 2.24) is 15.1 Å². The van der Waals surface area contributed by atoms with Gasteiger partial charge in [-0.05, 0) is 25.3 Å². The van der Waals surface area contributed by atoms with Gasteiger partial charge in [-0.15, -0.1) is 0 Å². The van der Waals surface area contributed by atoms with Gasteiger partial charge in [0.1, 0.15) is 0 Å². The first-order chi connectivity index (χ1) is 9.15. The van der Waals surface area contributed by atoms with Crippen molar-refractivity contribution in [2.24, 2.45) is 5.92 Å². The molecule has 1 aromatic rings. The first-order valence-corrected chi connectivity index (χ1v) is 6.72. The molecule has 0 spiro atoms. The van der Waals surface area contributed by atoms with Gasteiger partial charge < -0.3 is 10.0 Å². The van der Waals surface area contributed by atoms with Crippen LogP contribution in [0, 0.1) is 5.92 Å². The van der Waals surface area contributed by atoms with Crippen LogP contribution in [0.2, 0.25) is 0 Å². The highest BCUT2D eigenvalue weighted by Gasteiger charge is 2.34. The highest BCUT2D eigenvalue weighted by Crippen LogP contribution is 2.32. The van der Waals surface area contributed by atoms with Crippen molar-refractivity contribution in [2.75, 3.05) is 13.1 Å². The van der Waals surface area contributed by atoms with Gasteiger partial charge in [0, 0.05) is 30.6 Å². The topological polar surface area (TPSA) is 86.3 Å². The van der Waals surface area contributed by atoms with Gasteiger partial charge in [0.25, 0.3) is 0 Å². The Bertz CT molecular complexity index is 507. The van der Waals surface area contributed by atoms with E-state index < -0.39 is 5.97 Å². The van der Waals surface area contributed by atoms with Gasteiger partial charge in [0.15, 0.2) is 5.69 Å². The molecule has 6 nitrogen and oxygen atoms in total. The number of carboxylic acids is 1. The molecule has 1 aromatic heterocycles. The number of H-pyrrole nitrogens is 1. The first-order valence-electron chi connectivity index (χ1n) is 6.72. The molecule has 1 unspecified atom stereocenters. The summed E-state index contributed by atoms with van der Waals surface area (Å²) >= 11 is 0. The molecule has 2 N–H and O–H groups in total. The lowest BCUT2D eigenvalue weighted by Crippen LogP contribution is -2.37. The second kappa shape index (κ2) is 4.68. The largest absolute Gasteiger partial charge is 0.476 e. The molecule has 0 radical (unpaired) electrons. The lowest BCUT2D eigenvalue weighted by Gasteiger charge is -2.29. The fourth-order valence-electron chi connectivity index (χ4n) is 2.78. The van der Waals surface area contributed by atoms with Gasteiger partial charge in [-0.1, -0.05) is 6.42 Å². The number of aromatic carboxylic acids is 1. The molecule has 102 valence electrons. The average molecular weight is 263 g/mol. The van der Waals surface area contributed by atoms with E-state index in [-0.39, 0.29) is 23.4 Å². The molecule has 0 aromatic carbocycles. The lowest BCUT2D eigenvalue weighted by molar-refractivity contribution is -0.137. The average Bonchev–Trinajstić information content (AvgIpc) is 2.95. The first kappa shape index (κ1) is 12.2. The molecular formula is C13H17N3O3. The van der Waals surface area contributed by atoms with E-state index in [1.165, 1.54) is 0 Å². The summed E-state index contributed by atoms with van der Waals surface area (Å²) in [4.78, 5) is 24.8. The van der Waals surface area contributed by atoms with Crippen LogP contribution in [0.3, 0.4) is 0 Å². The molecule has 1 saturated heterocycles. The van der Waals surface area contributed by atoms with Crippen molar-refractivity contribution in [2.45, 2.75) is 31.6 Å². The van der Waals surface area contributed by atoms with Crippen molar-refractivity contribution < 1.29 is 14.7 Å². The summed E-state index contributed by atoms with van der Waals surface area (Å²) < 4.78 is 0. The molecule has 2 fully saturated rings. The number of hydrogen-bond acceptors (Lipinski definition) is 3. The van der Waals surface area contributed by atoms with Crippen LogP contribution in [0.5, 0.6) is 0 Å². The Kier molecular flexibility index (Phi) is 3.00. The van der Waals surface area contributed by atoms with E-state index in [0.717, 1.165) is 37.9 Å². The Morgan fingerprint density at radius 1 is 1.37 bits per heavy atom. The summed E-state index contributed by atoms with van der Waals surface area (Å²) in [6, 6.07) is 1.57. The molecular weight excluding hydrogens is 246 g/mol. The number of hydrogen-bond donors (Lipinski definition) is 2. The highest BCUT2D eigenvalue weighted by molar-refractivity contribution is 5.85. The van der Waals surface area contributed by atoms with Gasteiger partial charge >= 0.3 is 5.97 Å². The van der Waals surface area contributed by atoms with Crippen LogP contribution in [0.25, 0.3) is 0 Å². The Hall–Kier alpha value is -1.85. The van der Waals surface area contributed by atoms with E-state index in [9.17, 15) is 9.59 Å². The number of carboxylic acid groups (broad SMARTS) is 1. The number of carbonyl (C=O) groups is 2. The predicted octanol–water partition coefficient (Wildman–Crippen LogP) is 1.22. The summed E-state index contributed by atoms with van der Waals surface area (Å²) in [6.07, 6.45) is 4.08. The third kappa shape index (κ3) is 2.22. The number of rotatable bonds is 3. The van der Waals surface area contributed by atoms with E-state index >= 15 is 0 Å². The number of carbonyl (C=O) groups excluding carboxylic acids is 1. The van der Waals surface area contributed by atoms with Gasteiger partial charge in [0.05, 0.1) is 0 Å². The normalized spacial score (nSPS) is 23.4.